The van der Waals surface area contributed by atoms with Crippen LogP contribution in [0.3, 0.4) is 0 Å². The summed E-state index contributed by atoms with van der Waals surface area (Å²) in [6.45, 7) is 2.78. The Hall–Kier alpha value is -1.85. The highest BCUT2D eigenvalue weighted by atomic mass is 16.5. The molecule has 144 valence electrons. The molecule has 2 saturated carbocycles. The van der Waals surface area contributed by atoms with Gasteiger partial charge < -0.3 is 4.74 Å². The van der Waals surface area contributed by atoms with Crippen molar-refractivity contribution in [3.05, 3.63) is 59.7 Å². The van der Waals surface area contributed by atoms with E-state index in [9.17, 15) is 0 Å². The number of hydrogen-bond donors (Lipinski definition) is 0. The lowest BCUT2D eigenvalue weighted by Gasteiger charge is -2.37. The molecule has 0 atom stereocenters. The summed E-state index contributed by atoms with van der Waals surface area (Å²) in [7, 11) is 0. The summed E-state index contributed by atoms with van der Waals surface area (Å²) in [6.07, 6.45) is 19.2. The first kappa shape index (κ1) is 19.9. The molecule has 0 N–H and O–H groups in total. The second-order valence-electron chi connectivity index (χ2n) is 8.17. The zero-order valence-corrected chi connectivity index (χ0v) is 16.6. The minimum absolute atomic E-state index is 0.464. The maximum Gasteiger partial charge on any atom is 0.0991 e. The Balaban J connectivity index is 1.38. The van der Waals surface area contributed by atoms with Crippen molar-refractivity contribution in [2.75, 3.05) is 6.61 Å². The normalized spacial score (nSPS) is 29.2. The first-order valence-electron chi connectivity index (χ1n) is 10.7. The van der Waals surface area contributed by atoms with Gasteiger partial charge in [-0.3, -0.25) is 0 Å². The van der Waals surface area contributed by atoms with E-state index in [0.717, 1.165) is 24.0 Å². The molecule has 3 rings (SSSR count). The van der Waals surface area contributed by atoms with Gasteiger partial charge in [-0.05, 0) is 93.7 Å². The van der Waals surface area contributed by atoms with Gasteiger partial charge in [-0.1, -0.05) is 36.4 Å². The van der Waals surface area contributed by atoms with Crippen LogP contribution in [0.15, 0.2) is 48.6 Å². The molecule has 2 fully saturated rings. The molecule has 2 aliphatic rings. The number of nitrogens with zero attached hydrogens (tertiary/aromatic N) is 1. The number of rotatable bonds is 6. The molecule has 0 bridgehead atoms. The topological polar surface area (TPSA) is 33.0 Å². The summed E-state index contributed by atoms with van der Waals surface area (Å²) in [5.41, 5.74) is 2.19. The van der Waals surface area contributed by atoms with E-state index in [2.05, 4.69) is 36.4 Å². The Bertz CT molecular complexity index is 651. The van der Waals surface area contributed by atoms with E-state index in [0.29, 0.717) is 12.0 Å². The van der Waals surface area contributed by atoms with E-state index in [-0.39, 0.29) is 0 Å². The monoisotopic (exact) mass is 363 g/mol. The predicted octanol–water partition coefficient (Wildman–Crippen LogP) is 6.54. The molecule has 0 aromatic heterocycles. The van der Waals surface area contributed by atoms with Crippen molar-refractivity contribution in [2.24, 2.45) is 11.8 Å². The molecule has 27 heavy (non-hydrogen) atoms. The molecule has 2 aliphatic carbocycles. The molecule has 0 amide bonds. The van der Waals surface area contributed by atoms with E-state index < -0.39 is 0 Å². The van der Waals surface area contributed by atoms with Crippen LogP contribution in [-0.4, -0.2) is 12.7 Å². The minimum Gasteiger partial charge on any atom is -0.374 e. The smallest absolute Gasteiger partial charge is 0.0991 e. The predicted molar refractivity (Wildman–Crippen MR) is 112 cm³/mol. The second-order valence-corrected chi connectivity index (χ2v) is 8.17. The fourth-order valence-electron chi connectivity index (χ4n) is 4.92. The maximum absolute atomic E-state index is 8.95. The molecule has 0 aliphatic heterocycles. The van der Waals surface area contributed by atoms with Crippen molar-refractivity contribution >= 4 is 0 Å². The van der Waals surface area contributed by atoms with Crippen LogP contribution in [0.4, 0.5) is 0 Å². The van der Waals surface area contributed by atoms with Crippen LogP contribution in [0.2, 0.25) is 0 Å². The highest BCUT2D eigenvalue weighted by molar-refractivity contribution is 5.33. The first-order valence-corrected chi connectivity index (χ1v) is 10.7. The van der Waals surface area contributed by atoms with E-state index in [1.807, 2.05) is 25.1 Å². The number of allylic oxidation sites excluding steroid dienone is 3. The number of nitriles is 1. The average molecular weight is 364 g/mol. The van der Waals surface area contributed by atoms with Crippen molar-refractivity contribution in [3.63, 3.8) is 0 Å². The first-order chi connectivity index (χ1) is 13.3. The Morgan fingerprint density at radius 2 is 1.56 bits per heavy atom. The summed E-state index contributed by atoms with van der Waals surface area (Å²) in [6, 6.07) is 10.5. The molecule has 2 heteroatoms. The van der Waals surface area contributed by atoms with Crippen LogP contribution in [0, 0.1) is 23.2 Å². The quantitative estimate of drug-likeness (QED) is 0.538. The summed E-state index contributed by atoms with van der Waals surface area (Å²) < 4.78 is 6.02. The Kier molecular flexibility index (Phi) is 7.72. The maximum atomic E-state index is 8.95. The van der Waals surface area contributed by atoms with Gasteiger partial charge in [-0.2, -0.15) is 5.26 Å². The number of benzene rings is 1. The van der Waals surface area contributed by atoms with E-state index in [1.165, 1.54) is 56.9 Å². The van der Waals surface area contributed by atoms with Gasteiger partial charge in [0.2, 0.25) is 0 Å². The molecule has 0 unspecified atom stereocenters. The molecule has 2 nitrogen and oxygen atoms in total. The Morgan fingerprint density at radius 1 is 0.926 bits per heavy atom. The van der Waals surface area contributed by atoms with Crippen molar-refractivity contribution in [2.45, 2.75) is 70.3 Å². The van der Waals surface area contributed by atoms with Gasteiger partial charge in [0.15, 0.2) is 0 Å². The standard InChI is InChI=1S/C25H33NO/c1-2-3-4-5-18-27-25-16-14-24(15-17-25)23-12-10-22(11-13-23)21-8-6-20(19-26)7-9-21/h2-9,22-25H,10-18H2,1H3. The van der Waals surface area contributed by atoms with Crippen LogP contribution in [-0.2, 0) is 4.74 Å². The molecule has 1 aromatic rings. The lowest BCUT2D eigenvalue weighted by atomic mass is 9.69. The zero-order chi connectivity index (χ0) is 18.9. The van der Waals surface area contributed by atoms with E-state index in [4.69, 9.17) is 10.00 Å². The van der Waals surface area contributed by atoms with Gasteiger partial charge in [-0.25, -0.2) is 0 Å². The van der Waals surface area contributed by atoms with Crippen molar-refractivity contribution in [1.82, 2.24) is 0 Å². The van der Waals surface area contributed by atoms with Crippen LogP contribution < -0.4 is 0 Å². The fraction of sp³-hybridized carbons (Fsp3) is 0.560. The van der Waals surface area contributed by atoms with Crippen LogP contribution >= 0.6 is 0 Å². The third-order valence-electron chi connectivity index (χ3n) is 6.54. The average Bonchev–Trinajstić information content (AvgIpc) is 2.74. The van der Waals surface area contributed by atoms with Gasteiger partial charge in [-0.15, -0.1) is 0 Å². The SMILES string of the molecule is CC=CC=CCOC1CCC(C2CCC(c3ccc(C#N)cc3)CC2)CC1. The van der Waals surface area contributed by atoms with E-state index >= 15 is 0 Å². The molecule has 0 spiro atoms. The zero-order valence-electron chi connectivity index (χ0n) is 16.6. The highest BCUT2D eigenvalue weighted by Crippen LogP contribution is 2.43. The van der Waals surface area contributed by atoms with Crippen molar-refractivity contribution < 1.29 is 4.74 Å². The van der Waals surface area contributed by atoms with Gasteiger partial charge >= 0.3 is 0 Å². The van der Waals surface area contributed by atoms with Gasteiger partial charge in [0.25, 0.3) is 0 Å². The Labute approximate surface area is 164 Å². The second kappa shape index (κ2) is 10.5. The molecule has 0 heterocycles. The lowest BCUT2D eigenvalue weighted by Crippen LogP contribution is -2.28. The minimum atomic E-state index is 0.464. The summed E-state index contributed by atoms with van der Waals surface area (Å²) >= 11 is 0. The van der Waals surface area contributed by atoms with Crippen LogP contribution in [0.1, 0.15) is 75.3 Å². The molecule has 0 radical (unpaired) electrons. The summed E-state index contributed by atoms with van der Waals surface area (Å²) in [5, 5.41) is 8.95. The van der Waals surface area contributed by atoms with Gasteiger partial charge in [0.05, 0.1) is 24.3 Å². The fourth-order valence-corrected chi connectivity index (χ4v) is 4.92. The third-order valence-corrected chi connectivity index (χ3v) is 6.54. The molecular weight excluding hydrogens is 330 g/mol. The summed E-state index contributed by atoms with van der Waals surface area (Å²) in [4.78, 5) is 0. The summed E-state index contributed by atoms with van der Waals surface area (Å²) in [5.74, 6) is 2.51. The van der Waals surface area contributed by atoms with E-state index in [1.54, 1.807) is 0 Å². The molecule has 0 saturated heterocycles. The number of hydrogen-bond acceptors (Lipinski definition) is 2. The molecule has 1 aromatic carbocycles. The largest absolute Gasteiger partial charge is 0.374 e. The lowest BCUT2D eigenvalue weighted by molar-refractivity contribution is 0.0223. The molecular formula is C25H33NO. The van der Waals surface area contributed by atoms with Crippen LogP contribution in [0.25, 0.3) is 0 Å². The van der Waals surface area contributed by atoms with Gasteiger partial charge in [0.1, 0.15) is 0 Å². The Morgan fingerprint density at radius 3 is 2.15 bits per heavy atom. The van der Waals surface area contributed by atoms with Gasteiger partial charge in [0, 0.05) is 0 Å². The van der Waals surface area contributed by atoms with Crippen molar-refractivity contribution in [1.29, 1.82) is 5.26 Å². The third kappa shape index (κ3) is 5.81. The highest BCUT2D eigenvalue weighted by Gasteiger charge is 2.31. The van der Waals surface area contributed by atoms with Crippen molar-refractivity contribution in [3.8, 4) is 6.07 Å². The number of ether oxygens (including phenoxy) is 1. The van der Waals surface area contributed by atoms with Crippen LogP contribution in [0.5, 0.6) is 0 Å².